The summed E-state index contributed by atoms with van der Waals surface area (Å²) in [6.07, 6.45) is 5.66. The van der Waals surface area contributed by atoms with E-state index in [0.29, 0.717) is 11.3 Å². The van der Waals surface area contributed by atoms with Crippen LogP contribution in [-0.4, -0.2) is 14.1 Å². The van der Waals surface area contributed by atoms with Crippen molar-refractivity contribution < 1.29 is 0 Å². The van der Waals surface area contributed by atoms with Crippen LogP contribution in [0, 0.1) is 0 Å². The molecule has 4 aromatic rings. The second-order valence-corrected chi connectivity index (χ2v) is 5.10. The summed E-state index contributed by atoms with van der Waals surface area (Å²) in [6.45, 7) is 0. The molecule has 0 radical (unpaired) electrons. The van der Waals surface area contributed by atoms with E-state index < -0.39 is 0 Å². The standard InChI is InChI=1S/C17H13N3O/c1-19-16-12(7-4-8-18-16)9-15(17(19)21)20-10-13-5-2-3-6-14(13)11-20/h2-11H,1H3. The molecule has 1 aromatic carbocycles. The summed E-state index contributed by atoms with van der Waals surface area (Å²) in [6, 6.07) is 13.8. The molecule has 0 saturated carbocycles. The maximum absolute atomic E-state index is 12.6. The molecule has 0 aliphatic carbocycles. The van der Waals surface area contributed by atoms with E-state index in [1.54, 1.807) is 17.8 Å². The van der Waals surface area contributed by atoms with Gasteiger partial charge in [0.05, 0.1) is 0 Å². The summed E-state index contributed by atoms with van der Waals surface area (Å²) in [5, 5.41) is 3.18. The molecule has 0 amide bonds. The molecule has 21 heavy (non-hydrogen) atoms. The smallest absolute Gasteiger partial charge is 0.276 e. The van der Waals surface area contributed by atoms with E-state index in [9.17, 15) is 4.79 Å². The fourth-order valence-corrected chi connectivity index (χ4v) is 2.69. The Morgan fingerprint density at radius 3 is 2.33 bits per heavy atom. The molecule has 0 atom stereocenters. The molecule has 0 N–H and O–H groups in total. The van der Waals surface area contributed by atoms with Gasteiger partial charge in [0, 0.05) is 31.0 Å². The van der Waals surface area contributed by atoms with Crippen LogP contribution in [0.25, 0.3) is 27.5 Å². The Labute approximate surface area is 120 Å². The summed E-state index contributed by atoms with van der Waals surface area (Å²) in [5.74, 6) is 0. The third kappa shape index (κ3) is 1.76. The van der Waals surface area contributed by atoms with Crippen molar-refractivity contribution >= 4 is 21.8 Å². The monoisotopic (exact) mass is 275 g/mol. The molecular weight excluding hydrogens is 262 g/mol. The van der Waals surface area contributed by atoms with E-state index in [2.05, 4.69) is 4.98 Å². The lowest BCUT2D eigenvalue weighted by Crippen LogP contribution is -2.22. The lowest BCUT2D eigenvalue weighted by molar-refractivity contribution is 0.865. The first-order chi connectivity index (χ1) is 10.2. The zero-order chi connectivity index (χ0) is 14.4. The molecule has 0 unspecified atom stereocenters. The topological polar surface area (TPSA) is 39.8 Å². The van der Waals surface area contributed by atoms with E-state index in [-0.39, 0.29) is 5.56 Å². The van der Waals surface area contributed by atoms with E-state index in [1.807, 2.05) is 59.4 Å². The van der Waals surface area contributed by atoms with Crippen LogP contribution >= 0.6 is 0 Å². The van der Waals surface area contributed by atoms with Crippen LogP contribution in [0.15, 0.2) is 65.8 Å². The Hall–Kier alpha value is -2.88. The highest BCUT2D eigenvalue weighted by molar-refractivity contribution is 5.83. The molecular formula is C17H13N3O. The first-order valence-electron chi connectivity index (χ1n) is 6.76. The van der Waals surface area contributed by atoms with Gasteiger partial charge in [0.25, 0.3) is 5.56 Å². The summed E-state index contributed by atoms with van der Waals surface area (Å²) < 4.78 is 3.48. The number of hydrogen-bond donors (Lipinski definition) is 0. The van der Waals surface area contributed by atoms with Crippen molar-refractivity contribution in [3.05, 3.63) is 71.4 Å². The van der Waals surface area contributed by atoms with Gasteiger partial charge >= 0.3 is 0 Å². The van der Waals surface area contributed by atoms with Crippen LogP contribution < -0.4 is 5.56 Å². The molecule has 0 aliphatic heterocycles. The minimum atomic E-state index is -0.0542. The quantitative estimate of drug-likeness (QED) is 0.536. The Kier molecular flexibility index (Phi) is 2.44. The van der Waals surface area contributed by atoms with Gasteiger partial charge in [-0.05, 0) is 29.0 Å². The van der Waals surface area contributed by atoms with Gasteiger partial charge < -0.3 is 4.57 Å². The van der Waals surface area contributed by atoms with Crippen LogP contribution in [0.3, 0.4) is 0 Å². The SMILES string of the molecule is Cn1c(=O)c(-n2cc3ccccc3c2)cc2cccnc21. The molecule has 0 bridgehead atoms. The van der Waals surface area contributed by atoms with Crippen molar-refractivity contribution in [2.45, 2.75) is 0 Å². The number of pyridine rings is 2. The van der Waals surface area contributed by atoms with Crippen LogP contribution in [0.4, 0.5) is 0 Å². The Balaban J connectivity index is 2.06. The highest BCUT2D eigenvalue weighted by Gasteiger charge is 2.09. The zero-order valence-corrected chi connectivity index (χ0v) is 11.5. The van der Waals surface area contributed by atoms with Gasteiger partial charge in [0.1, 0.15) is 11.3 Å². The van der Waals surface area contributed by atoms with Gasteiger partial charge in [-0.3, -0.25) is 9.36 Å². The van der Waals surface area contributed by atoms with Crippen LogP contribution in [-0.2, 0) is 7.05 Å². The Bertz CT molecular complexity index is 994. The van der Waals surface area contributed by atoms with Gasteiger partial charge in [-0.25, -0.2) is 4.98 Å². The Morgan fingerprint density at radius 1 is 0.952 bits per heavy atom. The fourth-order valence-electron chi connectivity index (χ4n) is 2.69. The van der Waals surface area contributed by atoms with Crippen molar-refractivity contribution in [2.24, 2.45) is 7.05 Å². The lowest BCUT2D eigenvalue weighted by atomic mass is 10.2. The molecule has 0 fully saturated rings. The molecule has 102 valence electrons. The normalized spacial score (nSPS) is 11.3. The van der Waals surface area contributed by atoms with Gasteiger partial charge in [0.15, 0.2) is 0 Å². The van der Waals surface area contributed by atoms with E-state index in [4.69, 9.17) is 0 Å². The van der Waals surface area contributed by atoms with Crippen molar-refractivity contribution in [1.29, 1.82) is 0 Å². The number of hydrogen-bond acceptors (Lipinski definition) is 2. The highest BCUT2D eigenvalue weighted by Crippen LogP contribution is 2.19. The molecule has 0 spiro atoms. The van der Waals surface area contributed by atoms with Crippen LogP contribution in [0.1, 0.15) is 0 Å². The first kappa shape index (κ1) is 11.9. The zero-order valence-electron chi connectivity index (χ0n) is 11.5. The molecule has 4 heteroatoms. The minimum Gasteiger partial charge on any atom is -0.318 e. The van der Waals surface area contributed by atoms with E-state index in [0.717, 1.165) is 16.2 Å². The summed E-state index contributed by atoms with van der Waals surface area (Å²) in [5.41, 5.74) is 1.28. The molecule has 4 rings (SSSR count). The van der Waals surface area contributed by atoms with Crippen molar-refractivity contribution in [2.75, 3.05) is 0 Å². The van der Waals surface area contributed by atoms with E-state index >= 15 is 0 Å². The fraction of sp³-hybridized carbons (Fsp3) is 0.0588. The second kappa shape index (κ2) is 4.31. The first-order valence-corrected chi connectivity index (χ1v) is 6.76. The number of aromatic nitrogens is 3. The lowest BCUT2D eigenvalue weighted by Gasteiger charge is -2.08. The van der Waals surface area contributed by atoms with Crippen LogP contribution in [0.5, 0.6) is 0 Å². The number of aryl methyl sites for hydroxylation is 1. The highest BCUT2D eigenvalue weighted by atomic mass is 16.1. The van der Waals surface area contributed by atoms with Gasteiger partial charge in [-0.2, -0.15) is 0 Å². The van der Waals surface area contributed by atoms with Gasteiger partial charge in [-0.15, -0.1) is 0 Å². The number of rotatable bonds is 1. The predicted octanol–water partition coefficient (Wildman–Crippen LogP) is 2.88. The predicted molar refractivity (Wildman–Crippen MR) is 83.8 cm³/mol. The largest absolute Gasteiger partial charge is 0.318 e. The molecule has 4 nitrogen and oxygen atoms in total. The molecule has 3 heterocycles. The number of fused-ring (bicyclic) bond motifs is 2. The second-order valence-electron chi connectivity index (χ2n) is 5.10. The number of nitrogens with zero attached hydrogens (tertiary/aromatic N) is 3. The summed E-state index contributed by atoms with van der Waals surface area (Å²) in [4.78, 5) is 16.8. The average Bonchev–Trinajstić information content (AvgIpc) is 2.94. The average molecular weight is 275 g/mol. The number of benzene rings is 1. The maximum atomic E-state index is 12.6. The molecule has 0 aliphatic rings. The summed E-state index contributed by atoms with van der Waals surface area (Å²) in [7, 11) is 1.75. The van der Waals surface area contributed by atoms with Crippen molar-refractivity contribution in [3.63, 3.8) is 0 Å². The van der Waals surface area contributed by atoms with E-state index in [1.165, 1.54) is 0 Å². The maximum Gasteiger partial charge on any atom is 0.276 e. The third-order valence-corrected chi connectivity index (χ3v) is 3.78. The minimum absolute atomic E-state index is 0.0542. The van der Waals surface area contributed by atoms with Crippen molar-refractivity contribution in [1.82, 2.24) is 14.1 Å². The van der Waals surface area contributed by atoms with Crippen molar-refractivity contribution in [3.8, 4) is 5.69 Å². The van der Waals surface area contributed by atoms with Gasteiger partial charge in [-0.1, -0.05) is 24.3 Å². The van der Waals surface area contributed by atoms with Gasteiger partial charge in [0.2, 0.25) is 0 Å². The summed E-state index contributed by atoms with van der Waals surface area (Å²) >= 11 is 0. The Morgan fingerprint density at radius 2 is 1.62 bits per heavy atom. The molecule has 3 aromatic heterocycles. The third-order valence-electron chi connectivity index (χ3n) is 3.78. The van der Waals surface area contributed by atoms with Crippen LogP contribution in [0.2, 0.25) is 0 Å². The molecule has 0 saturated heterocycles.